The number of hydrogen-bond donors (Lipinski definition) is 2. The van der Waals surface area contributed by atoms with E-state index in [0.717, 1.165) is 19.5 Å². The van der Waals surface area contributed by atoms with E-state index in [1.807, 2.05) is 0 Å². The number of benzene rings is 2. The van der Waals surface area contributed by atoms with Crippen molar-refractivity contribution in [2.75, 3.05) is 18.4 Å². The number of hydrogen-bond acceptors (Lipinski definition) is 2. The highest BCUT2D eigenvalue weighted by atomic mass is 15.0. The molecule has 0 radical (unpaired) electrons. The zero-order chi connectivity index (χ0) is 14.9. The third-order valence-electron chi connectivity index (χ3n) is 3.90. The van der Waals surface area contributed by atoms with Crippen molar-refractivity contribution in [3.05, 3.63) is 53.6 Å². The molecule has 2 aromatic rings. The minimum Gasteiger partial charge on any atom is -0.384 e. The van der Waals surface area contributed by atoms with E-state index in [-0.39, 0.29) is 5.54 Å². The Morgan fingerprint density at radius 2 is 1.67 bits per heavy atom. The van der Waals surface area contributed by atoms with E-state index in [2.05, 4.69) is 73.9 Å². The Labute approximate surface area is 127 Å². The van der Waals surface area contributed by atoms with Gasteiger partial charge in [-0.2, -0.15) is 0 Å². The van der Waals surface area contributed by atoms with Gasteiger partial charge in [0.25, 0.3) is 0 Å². The molecule has 0 aliphatic heterocycles. The quantitative estimate of drug-likeness (QED) is 0.704. The summed E-state index contributed by atoms with van der Waals surface area (Å²) in [6, 6.07) is 15.4. The van der Waals surface area contributed by atoms with Crippen molar-refractivity contribution in [2.45, 2.75) is 32.7 Å². The van der Waals surface area contributed by atoms with Crippen molar-refractivity contribution in [3.8, 4) is 11.1 Å². The molecule has 1 aliphatic rings. The largest absolute Gasteiger partial charge is 0.384 e. The first kappa shape index (κ1) is 14.2. The molecule has 0 saturated carbocycles. The van der Waals surface area contributed by atoms with Gasteiger partial charge in [-0.3, -0.25) is 0 Å². The summed E-state index contributed by atoms with van der Waals surface area (Å²) in [6.07, 6.45) is 1.06. The summed E-state index contributed by atoms with van der Waals surface area (Å²) >= 11 is 0. The van der Waals surface area contributed by atoms with Gasteiger partial charge in [0.15, 0.2) is 0 Å². The van der Waals surface area contributed by atoms with Crippen LogP contribution in [0.3, 0.4) is 0 Å². The first-order valence-electron chi connectivity index (χ1n) is 7.73. The van der Waals surface area contributed by atoms with Crippen LogP contribution < -0.4 is 10.6 Å². The van der Waals surface area contributed by atoms with Crippen molar-refractivity contribution in [1.82, 2.24) is 5.32 Å². The summed E-state index contributed by atoms with van der Waals surface area (Å²) in [5, 5.41) is 7.01. The molecule has 2 heteroatoms. The van der Waals surface area contributed by atoms with E-state index in [9.17, 15) is 0 Å². The van der Waals surface area contributed by atoms with Gasteiger partial charge in [-0.05, 0) is 61.6 Å². The zero-order valence-corrected chi connectivity index (χ0v) is 13.2. The summed E-state index contributed by atoms with van der Waals surface area (Å²) in [5.41, 5.74) is 7.07. The van der Waals surface area contributed by atoms with Gasteiger partial charge in [0.2, 0.25) is 0 Å². The maximum atomic E-state index is 3.51. The summed E-state index contributed by atoms with van der Waals surface area (Å²) in [6.45, 7) is 8.50. The van der Waals surface area contributed by atoms with E-state index in [0.29, 0.717) is 0 Å². The van der Waals surface area contributed by atoms with E-state index in [4.69, 9.17) is 0 Å². The van der Waals surface area contributed by atoms with Crippen molar-refractivity contribution in [2.24, 2.45) is 0 Å². The normalized spacial score (nSPS) is 12.9. The highest BCUT2D eigenvalue weighted by Gasteiger charge is 2.17. The molecular weight excluding hydrogens is 256 g/mol. The standard InChI is InChI=1S/C19H24N2/c1-19(2,3)21-11-10-20-16-8-9-18-15(13-16)12-14-6-4-5-7-17(14)18/h4-9,13,20-21H,10-12H2,1-3H3. The number of fused-ring (bicyclic) bond motifs is 3. The van der Waals surface area contributed by atoms with Crippen molar-refractivity contribution < 1.29 is 0 Å². The Morgan fingerprint density at radius 1 is 0.905 bits per heavy atom. The second-order valence-corrected chi connectivity index (χ2v) is 6.81. The maximum absolute atomic E-state index is 3.51. The second-order valence-electron chi connectivity index (χ2n) is 6.81. The van der Waals surface area contributed by atoms with Gasteiger partial charge in [0, 0.05) is 24.3 Å². The van der Waals surface area contributed by atoms with Crippen molar-refractivity contribution in [1.29, 1.82) is 0 Å². The lowest BCUT2D eigenvalue weighted by Crippen LogP contribution is -2.38. The SMILES string of the molecule is CC(C)(C)NCCNc1ccc2c(c1)Cc1ccccc1-2. The Hall–Kier alpha value is -1.80. The van der Waals surface area contributed by atoms with Gasteiger partial charge in [-0.15, -0.1) is 0 Å². The number of nitrogens with one attached hydrogen (secondary N) is 2. The van der Waals surface area contributed by atoms with Crippen molar-refractivity contribution in [3.63, 3.8) is 0 Å². The molecule has 0 unspecified atom stereocenters. The van der Waals surface area contributed by atoms with E-state index < -0.39 is 0 Å². The fraction of sp³-hybridized carbons (Fsp3) is 0.368. The molecule has 0 spiro atoms. The predicted octanol–water partition coefficient (Wildman–Crippen LogP) is 4.06. The van der Waals surface area contributed by atoms with Gasteiger partial charge in [-0.25, -0.2) is 0 Å². The summed E-state index contributed by atoms with van der Waals surface area (Å²) in [5.74, 6) is 0. The van der Waals surface area contributed by atoms with Crippen LogP contribution in [0.4, 0.5) is 5.69 Å². The summed E-state index contributed by atoms with van der Waals surface area (Å²) in [4.78, 5) is 0. The van der Waals surface area contributed by atoms with Crippen LogP contribution in [0.15, 0.2) is 42.5 Å². The second kappa shape index (κ2) is 5.53. The minimum absolute atomic E-state index is 0.182. The molecule has 0 amide bonds. The summed E-state index contributed by atoms with van der Waals surface area (Å²) < 4.78 is 0. The Bertz CT molecular complexity index is 638. The highest BCUT2D eigenvalue weighted by Crippen LogP contribution is 2.37. The molecule has 110 valence electrons. The molecule has 0 aromatic heterocycles. The third-order valence-corrected chi connectivity index (χ3v) is 3.90. The zero-order valence-electron chi connectivity index (χ0n) is 13.2. The van der Waals surface area contributed by atoms with Crippen LogP contribution >= 0.6 is 0 Å². The third kappa shape index (κ3) is 3.27. The van der Waals surface area contributed by atoms with Crippen LogP contribution in [0.1, 0.15) is 31.9 Å². The van der Waals surface area contributed by atoms with Gasteiger partial charge < -0.3 is 10.6 Å². The minimum atomic E-state index is 0.182. The van der Waals surface area contributed by atoms with Gasteiger partial charge in [-0.1, -0.05) is 30.3 Å². The average molecular weight is 280 g/mol. The molecule has 21 heavy (non-hydrogen) atoms. The van der Waals surface area contributed by atoms with Crippen LogP contribution in [-0.2, 0) is 6.42 Å². The molecule has 2 N–H and O–H groups in total. The first-order chi connectivity index (χ1) is 10.0. The van der Waals surface area contributed by atoms with E-state index >= 15 is 0 Å². The Morgan fingerprint density at radius 3 is 2.48 bits per heavy atom. The molecular formula is C19H24N2. The lowest BCUT2D eigenvalue weighted by molar-refractivity contribution is 0.435. The van der Waals surface area contributed by atoms with Crippen LogP contribution in [0.5, 0.6) is 0 Å². The highest BCUT2D eigenvalue weighted by molar-refractivity contribution is 5.78. The average Bonchev–Trinajstić information content (AvgIpc) is 2.80. The fourth-order valence-corrected chi connectivity index (χ4v) is 2.90. The van der Waals surface area contributed by atoms with Gasteiger partial charge in [0.1, 0.15) is 0 Å². The topological polar surface area (TPSA) is 24.1 Å². The number of rotatable bonds is 4. The molecule has 0 saturated heterocycles. The van der Waals surface area contributed by atoms with Crippen molar-refractivity contribution >= 4 is 5.69 Å². The maximum Gasteiger partial charge on any atom is 0.0343 e. The molecule has 2 aromatic carbocycles. The van der Waals surface area contributed by atoms with Gasteiger partial charge in [0.05, 0.1) is 0 Å². The molecule has 0 bridgehead atoms. The Balaban J connectivity index is 1.64. The molecule has 0 fully saturated rings. The number of anilines is 1. The lowest BCUT2D eigenvalue weighted by atomic mass is 10.1. The summed E-state index contributed by atoms with van der Waals surface area (Å²) in [7, 11) is 0. The molecule has 2 nitrogen and oxygen atoms in total. The van der Waals surface area contributed by atoms with Gasteiger partial charge >= 0.3 is 0 Å². The monoisotopic (exact) mass is 280 g/mol. The molecule has 0 heterocycles. The van der Waals surface area contributed by atoms with Crippen LogP contribution in [0, 0.1) is 0 Å². The Kier molecular flexibility index (Phi) is 3.73. The molecule has 3 rings (SSSR count). The fourth-order valence-electron chi connectivity index (χ4n) is 2.90. The lowest BCUT2D eigenvalue weighted by Gasteiger charge is -2.20. The first-order valence-corrected chi connectivity index (χ1v) is 7.73. The van der Waals surface area contributed by atoms with Crippen LogP contribution in [0.25, 0.3) is 11.1 Å². The van der Waals surface area contributed by atoms with Crippen LogP contribution in [0.2, 0.25) is 0 Å². The van der Waals surface area contributed by atoms with E-state index in [1.165, 1.54) is 27.9 Å². The molecule has 1 aliphatic carbocycles. The smallest absolute Gasteiger partial charge is 0.0343 e. The van der Waals surface area contributed by atoms with E-state index in [1.54, 1.807) is 0 Å². The molecule has 0 atom stereocenters. The van der Waals surface area contributed by atoms with Crippen LogP contribution in [-0.4, -0.2) is 18.6 Å². The predicted molar refractivity (Wildman–Crippen MR) is 90.9 cm³/mol.